The van der Waals surface area contributed by atoms with Gasteiger partial charge in [-0.15, -0.1) is 0 Å². The number of halogens is 1. The van der Waals surface area contributed by atoms with Crippen molar-refractivity contribution in [2.24, 2.45) is 5.92 Å². The topological polar surface area (TPSA) is 0 Å². The predicted molar refractivity (Wildman–Crippen MR) is 32.1 cm³/mol. The van der Waals surface area contributed by atoms with Gasteiger partial charge in [0.15, 0.2) is 0 Å². The summed E-state index contributed by atoms with van der Waals surface area (Å²) in [6, 6.07) is 0. The molecule has 0 N–H and O–H groups in total. The number of hydrogen-bond acceptors (Lipinski definition) is 0. The molecule has 0 saturated carbocycles. The van der Waals surface area contributed by atoms with Gasteiger partial charge in [-0.25, -0.2) is 0 Å². The first-order chi connectivity index (χ1) is 2.45. The summed E-state index contributed by atoms with van der Waals surface area (Å²) in [5, 5.41) is 0. The molecule has 3 fully saturated rings. The maximum atomic E-state index is 1.74. The fourth-order valence-electron chi connectivity index (χ4n) is 0.790. The zero-order chi connectivity index (χ0) is 3.28. The first-order valence-electron chi connectivity index (χ1n) is 2.03. The summed E-state index contributed by atoms with van der Waals surface area (Å²) in [7, 11) is 0. The van der Waals surface area contributed by atoms with E-state index in [2.05, 4.69) is 0 Å². The van der Waals surface area contributed by atoms with Gasteiger partial charge in [-0.05, 0) is 0 Å². The van der Waals surface area contributed by atoms with Crippen LogP contribution in [0.5, 0.6) is 0 Å². The number of alkyl halides is 3. The molecular weight excluding hydrogens is 175 g/mol. The van der Waals surface area contributed by atoms with Crippen molar-refractivity contribution in [2.75, 3.05) is 13.3 Å². The summed E-state index contributed by atoms with van der Waals surface area (Å²) in [6.45, 7) is 0. The molecule has 5 heavy (non-hydrogen) atoms. The second kappa shape index (κ2) is 0.695. The van der Waals surface area contributed by atoms with Gasteiger partial charge in [0.2, 0.25) is 0 Å². The van der Waals surface area contributed by atoms with E-state index in [1.807, 2.05) is 0 Å². The molecule has 0 aliphatic carbocycles. The van der Waals surface area contributed by atoms with Crippen molar-refractivity contribution in [2.45, 2.75) is 0 Å². The molecule has 0 aromatic carbocycles. The van der Waals surface area contributed by atoms with Crippen LogP contribution >= 0.6 is 19.8 Å². The molecule has 0 spiro atoms. The molecule has 3 heterocycles. The third-order valence-electron chi connectivity index (χ3n) is 1.31. The molecule has 3 aliphatic heterocycles. The number of hydrogen-bond donors (Lipinski definition) is 0. The van der Waals surface area contributed by atoms with E-state index in [-0.39, 0.29) is 19.8 Å². The molecule has 2 bridgehead atoms. The van der Waals surface area contributed by atoms with E-state index in [1.54, 1.807) is 13.3 Å². The van der Waals surface area contributed by atoms with Crippen molar-refractivity contribution in [1.29, 1.82) is 0 Å². The summed E-state index contributed by atoms with van der Waals surface area (Å²) in [4.78, 5) is 0. The molecule has 3 aliphatic rings. The van der Waals surface area contributed by atoms with E-state index in [9.17, 15) is 0 Å². The van der Waals surface area contributed by atoms with Gasteiger partial charge < -0.3 is 0 Å². The van der Waals surface area contributed by atoms with Crippen molar-refractivity contribution < 1.29 is 0 Å². The van der Waals surface area contributed by atoms with Gasteiger partial charge in [0.1, 0.15) is 0 Å². The Labute approximate surface area is 39.3 Å². The van der Waals surface area contributed by atoms with Crippen LogP contribution in [-0.2, 0) is 0 Å². The second-order valence-electron chi connectivity index (χ2n) is 1.90. The van der Waals surface area contributed by atoms with Gasteiger partial charge in [0, 0.05) is 0 Å². The quantitative estimate of drug-likeness (QED) is 0.389. The normalized spacial score (nSPS) is 39.6. The summed E-state index contributed by atoms with van der Waals surface area (Å²) >= 11 is 0.0420. The Morgan fingerprint density at radius 1 is 1.20 bits per heavy atom. The second-order valence-corrected chi connectivity index (χ2v) is 7.77. The summed E-state index contributed by atoms with van der Waals surface area (Å²) in [5.74, 6) is 1.28. The monoisotopic (exact) mass is 182 g/mol. The average molecular weight is 182 g/mol. The van der Waals surface area contributed by atoms with E-state index in [4.69, 9.17) is 0 Å². The van der Waals surface area contributed by atoms with Gasteiger partial charge in [0.25, 0.3) is 0 Å². The molecule has 3 rings (SSSR count). The SMILES string of the molecule is C1C2CI1C2. The standard InChI is InChI=1S/C4H7I/c1-4-2-5(1)3-4/h4H,1-3H2. The Hall–Kier alpha value is 0.730. The van der Waals surface area contributed by atoms with Crippen LogP contribution in [0.1, 0.15) is 0 Å². The molecule has 30 valence electrons. The molecule has 0 unspecified atom stereocenters. The van der Waals surface area contributed by atoms with E-state index >= 15 is 0 Å². The van der Waals surface area contributed by atoms with Gasteiger partial charge in [-0.2, -0.15) is 0 Å². The molecular formula is C4H7I. The average Bonchev–Trinajstić information content (AvgIpc) is 0.592. The third-order valence-corrected chi connectivity index (χ3v) is 8.78. The zero-order valence-corrected chi connectivity index (χ0v) is 5.23. The Balaban J connectivity index is 2.19. The summed E-state index contributed by atoms with van der Waals surface area (Å²) in [5.41, 5.74) is 0. The van der Waals surface area contributed by atoms with Crippen LogP contribution in [0.2, 0.25) is 0 Å². The van der Waals surface area contributed by atoms with Crippen LogP contribution in [0.3, 0.4) is 0 Å². The fourth-order valence-corrected chi connectivity index (χ4v) is 5.30. The van der Waals surface area contributed by atoms with E-state index in [0.29, 0.717) is 0 Å². The molecule has 0 aromatic rings. The van der Waals surface area contributed by atoms with Crippen LogP contribution < -0.4 is 0 Å². The van der Waals surface area contributed by atoms with E-state index in [0.717, 1.165) is 0 Å². The van der Waals surface area contributed by atoms with Crippen molar-refractivity contribution in [3.05, 3.63) is 0 Å². The molecule has 0 radical (unpaired) electrons. The summed E-state index contributed by atoms with van der Waals surface area (Å²) < 4.78 is 5.22. The van der Waals surface area contributed by atoms with Crippen LogP contribution in [0.4, 0.5) is 0 Å². The maximum absolute atomic E-state index is 1.74. The minimum atomic E-state index is 0.0420. The van der Waals surface area contributed by atoms with Gasteiger partial charge in [-0.3, -0.25) is 0 Å². The van der Waals surface area contributed by atoms with Crippen LogP contribution in [0.25, 0.3) is 0 Å². The third kappa shape index (κ3) is 0.218. The zero-order valence-electron chi connectivity index (χ0n) is 3.08. The van der Waals surface area contributed by atoms with E-state index < -0.39 is 0 Å². The first kappa shape index (κ1) is 2.83. The molecule has 0 aromatic heterocycles. The van der Waals surface area contributed by atoms with Gasteiger partial charge in [0.05, 0.1) is 0 Å². The molecule has 0 nitrogen and oxygen atoms in total. The van der Waals surface area contributed by atoms with Crippen molar-refractivity contribution in [3.63, 3.8) is 0 Å². The van der Waals surface area contributed by atoms with Crippen LogP contribution in [-0.4, -0.2) is 13.3 Å². The van der Waals surface area contributed by atoms with Crippen LogP contribution in [0.15, 0.2) is 0 Å². The van der Waals surface area contributed by atoms with Crippen molar-refractivity contribution in [1.82, 2.24) is 0 Å². The Morgan fingerprint density at radius 3 is 1.40 bits per heavy atom. The van der Waals surface area contributed by atoms with E-state index in [1.165, 1.54) is 5.92 Å². The first-order valence-corrected chi connectivity index (χ1v) is 6.60. The van der Waals surface area contributed by atoms with Crippen LogP contribution in [0, 0.1) is 5.92 Å². The molecule has 1 heteroatoms. The molecule has 0 atom stereocenters. The Morgan fingerprint density at radius 2 is 1.40 bits per heavy atom. The van der Waals surface area contributed by atoms with Gasteiger partial charge in [-0.1, -0.05) is 0 Å². The minimum absolute atomic E-state index is 0.0420. The number of rotatable bonds is 0. The predicted octanol–water partition coefficient (Wildman–Crippen LogP) is 1.14. The molecule has 3 saturated heterocycles. The fraction of sp³-hybridized carbons (Fsp3) is 1.00. The Kier molecular flexibility index (Phi) is 0.393. The Bertz CT molecular complexity index is 40.4. The van der Waals surface area contributed by atoms with Gasteiger partial charge >= 0.3 is 39.0 Å². The molecule has 0 amide bonds. The van der Waals surface area contributed by atoms with Crippen molar-refractivity contribution in [3.8, 4) is 0 Å². The summed E-state index contributed by atoms with van der Waals surface area (Å²) in [6.07, 6.45) is 0. The van der Waals surface area contributed by atoms with Crippen molar-refractivity contribution >= 4 is 19.8 Å².